The standard InChI is InChI=1S/C12H18N4/c1-3-5-10-6-4-7-11(8-10)9(2)15-16-12(13)14/h4,6-8H,3,5H2,1-2H3,(H4,13,14,16). The van der Waals surface area contributed by atoms with Crippen LogP contribution in [0, 0.1) is 0 Å². The number of benzene rings is 1. The lowest BCUT2D eigenvalue weighted by atomic mass is 10.0. The maximum Gasteiger partial charge on any atom is 0.211 e. The molecule has 0 amide bonds. The van der Waals surface area contributed by atoms with Gasteiger partial charge in [-0.1, -0.05) is 31.5 Å². The summed E-state index contributed by atoms with van der Waals surface area (Å²) in [6, 6.07) is 8.25. The molecule has 86 valence electrons. The fourth-order valence-electron chi connectivity index (χ4n) is 1.43. The zero-order chi connectivity index (χ0) is 12.0. The minimum absolute atomic E-state index is 0.0240. The molecule has 0 aliphatic heterocycles. The molecule has 0 saturated heterocycles. The van der Waals surface area contributed by atoms with Crippen LogP contribution in [-0.2, 0) is 6.42 Å². The molecule has 0 bridgehead atoms. The number of hydrogen-bond donors (Lipinski definition) is 2. The van der Waals surface area contributed by atoms with E-state index >= 15 is 0 Å². The summed E-state index contributed by atoms with van der Waals surface area (Å²) >= 11 is 0. The molecule has 0 aromatic heterocycles. The molecule has 0 heterocycles. The number of guanidine groups is 1. The quantitative estimate of drug-likeness (QED) is 0.458. The molecule has 0 aliphatic carbocycles. The summed E-state index contributed by atoms with van der Waals surface area (Å²) in [5.74, 6) is -0.0240. The molecule has 1 aromatic rings. The van der Waals surface area contributed by atoms with Gasteiger partial charge in [0, 0.05) is 0 Å². The zero-order valence-corrected chi connectivity index (χ0v) is 9.77. The van der Waals surface area contributed by atoms with Gasteiger partial charge in [0.1, 0.15) is 0 Å². The van der Waals surface area contributed by atoms with Crippen LogP contribution in [0.4, 0.5) is 0 Å². The van der Waals surface area contributed by atoms with Crippen molar-refractivity contribution in [1.29, 1.82) is 0 Å². The van der Waals surface area contributed by atoms with Crippen LogP contribution in [0.3, 0.4) is 0 Å². The molecule has 0 spiro atoms. The van der Waals surface area contributed by atoms with Gasteiger partial charge in [0.15, 0.2) is 0 Å². The Balaban J connectivity index is 2.91. The summed E-state index contributed by atoms with van der Waals surface area (Å²) in [5, 5.41) is 7.59. The highest BCUT2D eigenvalue weighted by Gasteiger charge is 1.98. The number of nitrogens with zero attached hydrogens (tertiary/aromatic N) is 2. The second-order valence-electron chi connectivity index (χ2n) is 3.66. The minimum atomic E-state index is -0.0240. The molecule has 0 unspecified atom stereocenters. The fraction of sp³-hybridized carbons (Fsp3) is 0.333. The van der Waals surface area contributed by atoms with Crippen LogP contribution in [0.25, 0.3) is 0 Å². The van der Waals surface area contributed by atoms with E-state index in [0.717, 1.165) is 24.1 Å². The van der Waals surface area contributed by atoms with E-state index in [9.17, 15) is 0 Å². The van der Waals surface area contributed by atoms with Crippen LogP contribution in [0.2, 0.25) is 0 Å². The van der Waals surface area contributed by atoms with Crippen molar-refractivity contribution in [2.45, 2.75) is 26.7 Å². The largest absolute Gasteiger partial charge is 0.369 e. The fourth-order valence-corrected chi connectivity index (χ4v) is 1.43. The molecule has 16 heavy (non-hydrogen) atoms. The van der Waals surface area contributed by atoms with Crippen molar-refractivity contribution in [3.05, 3.63) is 35.4 Å². The zero-order valence-electron chi connectivity index (χ0n) is 9.77. The summed E-state index contributed by atoms with van der Waals surface area (Å²) in [6.45, 7) is 4.05. The summed E-state index contributed by atoms with van der Waals surface area (Å²) < 4.78 is 0. The van der Waals surface area contributed by atoms with Gasteiger partial charge in [-0.2, -0.15) is 5.10 Å². The van der Waals surface area contributed by atoms with Crippen LogP contribution >= 0.6 is 0 Å². The molecule has 0 radical (unpaired) electrons. The first-order valence-corrected chi connectivity index (χ1v) is 5.36. The number of rotatable bonds is 4. The summed E-state index contributed by atoms with van der Waals surface area (Å²) in [7, 11) is 0. The van der Waals surface area contributed by atoms with E-state index in [0.29, 0.717) is 0 Å². The van der Waals surface area contributed by atoms with E-state index in [1.165, 1.54) is 5.56 Å². The number of nitrogens with two attached hydrogens (primary N) is 2. The summed E-state index contributed by atoms with van der Waals surface area (Å²) in [6.07, 6.45) is 2.21. The molecular weight excluding hydrogens is 200 g/mol. The minimum Gasteiger partial charge on any atom is -0.369 e. The Morgan fingerprint density at radius 2 is 2.00 bits per heavy atom. The normalized spacial score (nSPS) is 11.2. The van der Waals surface area contributed by atoms with E-state index < -0.39 is 0 Å². The Morgan fingerprint density at radius 3 is 2.62 bits per heavy atom. The molecule has 1 rings (SSSR count). The molecule has 0 fully saturated rings. The highest BCUT2D eigenvalue weighted by atomic mass is 15.3. The lowest BCUT2D eigenvalue weighted by Gasteiger charge is -2.02. The second kappa shape index (κ2) is 5.90. The van der Waals surface area contributed by atoms with E-state index in [4.69, 9.17) is 11.5 Å². The van der Waals surface area contributed by atoms with Crippen molar-refractivity contribution in [2.75, 3.05) is 0 Å². The van der Waals surface area contributed by atoms with Gasteiger partial charge in [-0.05, 0) is 30.5 Å². The summed E-state index contributed by atoms with van der Waals surface area (Å²) in [5.41, 5.74) is 13.6. The Hall–Kier alpha value is -1.84. The average Bonchev–Trinajstić information content (AvgIpc) is 2.26. The average molecular weight is 218 g/mol. The molecule has 0 aliphatic rings. The smallest absolute Gasteiger partial charge is 0.211 e. The van der Waals surface area contributed by atoms with E-state index in [-0.39, 0.29) is 5.96 Å². The number of aryl methyl sites for hydroxylation is 1. The van der Waals surface area contributed by atoms with Crippen molar-refractivity contribution >= 4 is 11.7 Å². The highest BCUT2D eigenvalue weighted by molar-refractivity contribution is 5.99. The molecule has 0 atom stereocenters. The van der Waals surface area contributed by atoms with Gasteiger partial charge in [0.05, 0.1) is 5.71 Å². The van der Waals surface area contributed by atoms with E-state index in [1.54, 1.807) is 0 Å². The van der Waals surface area contributed by atoms with Crippen LogP contribution in [0.1, 0.15) is 31.4 Å². The van der Waals surface area contributed by atoms with Gasteiger partial charge in [-0.15, -0.1) is 5.10 Å². The molecule has 4 heteroatoms. The Bertz CT molecular complexity index is 403. The van der Waals surface area contributed by atoms with E-state index in [1.807, 2.05) is 19.1 Å². The maximum absolute atomic E-state index is 5.22. The van der Waals surface area contributed by atoms with E-state index in [2.05, 4.69) is 29.3 Å². The molecule has 4 N–H and O–H groups in total. The monoisotopic (exact) mass is 218 g/mol. The van der Waals surface area contributed by atoms with Gasteiger partial charge >= 0.3 is 0 Å². The third-order valence-electron chi connectivity index (χ3n) is 2.20. The van der Waals surface area contributed by atoms with Gasteiger partial charge in [0.2, 0.25) is 5.96 Å². The van der Waals surface area contributed by atoms with Crippen LogP contribution < -0.4 is 11.5 Å². The first-order valence-electron chi connectivity index (χ1n) is 5.36. The SMILES string of the molecule is CCCc1cccc(C(C)=NN=C(N)N)c1. The van der Waals surface area contributed by atoms with Gasteiger partial charge in [-0.3, -0.25) is 0 Å². The van der Waals surface area contributed by atoms with Gasteiger partial charge in [0.25, 0.3) is 0 Å². The molecule has 0 saturated carbocycles. The van der Waals surface area contributed by atoms with Crippen molar-refractivity contribution in [2.24, 2.45) is 21.7 Å². The highest BCUT2D eigenvalue weighted by Crippen LogP contribution is 2.08. The van der Waals surface area contributed by atoms with Gasteiger partial charge < -0.3 is 11.5 Å². The third-order valence-corrected chi connectivity index (χ3v) is 2.20. The Labute approximate surface area is 96.1 Å². The number of hydrogen-bond acceptors (Lipinski definition) is 2. The predicted molar refractivity (Wildman–Crippen MR) is 68.5 cm³/mol. The summed E-state index contributed by atoms with van der Waals surface area (Å²) in [4.78, 5) is 0. The predicted octanol–water partition coefficient (Wildman–Crippen LogP) is 1.64. The maximum atomic E-state index is 5.22. The molecule has 1 aromatic carbocycles. The Morgan fingerprint density at radius 1 is 1.25 bits per heavy atom. The first-order chi connectivity index (χ1) is 7.63. The second-order valence-corrected chi connectivity index (χ2v) is 3.66. The van der Waals surface area contributed by atoms with Crippen molar-refractivity contribution in [3.8, 4) is 0 Å². The lowest BCUT2D eigenvalue weighted by molar-refractivity contribution is 0.921. The van der Waals surface area contributed by atoms with Crippen molar-refractivity contribution in [1.82, 2.24) is 0 Å². The van der Waals surface area contributed by atoms with Crippen molar-refractivity contribution < 1.29 is 0 Å². The van der Waals surface area contributed by atoms with Gasteiger partial charge in [-0.25, -0.2) is 0 Å². The molecular formula is C12H18N4. The topological polar surface area (TPSA) is 76.8 Å². The molecule has 4 nitrogen and oxygen atoms in total. The lowest BCUT2D eigenvalue weighted by Crippen LogP contribution is -2.22. The van der Waals surface area contributed by atoms with Crippen molar-refractivity contribution in [3.63, 3.8) is 0 Å². The first kappa shape index (κ1) is 12.2. The van der Waals surface area contributed by atoms with Crippen LogP contribution in [0.5, 0.6) is 0 Å². The Kier molecular flexibility index (Phi) is 4.51. The van der Waals surface area contributed by atoms with Crippen LogP contribution in [-0.4, -0.2) is 11.7 Å². The third kappa shape index (κ3) is 3.73. The van der Waals surface area contributed by atoms with Crippen LogP contribution in [0.15, 0.2) is 34.5 Å².